The Morgan fingerprint density at radius 2 is 1.55 bits per heavy atom. The summed E-state index contributed by atoms with van der Waals surface area (Å²) in [6, 6.07) is 7.34. The highest BCUT2D eigenvalue weighted by atomic mass is 16.7. The van der Waals surface area contributed by atoms with E-state index in [0.717, 1.165) is 16.7 Å². The molecule has 2 aromatic carbocycles. The molecule has 9 nitrogen and oxygen atoms in total. The van der Waals surface area contributed by atoms with Gasteiger partial charge in [-0.3, -0.25) is 9.59 Å². The van der Waals surface area contributed by atoms with Crippen LogP contribution in [0.5, 0.6) is 28.7 Å². The van der Waals surface area contributed by atoms with Gasteiger partial charge in [0.1, 0.15) is 6.10 Å². The Morgan fingerprint density at radius 3 is 2.12 bits per heavy atom. The van der Waals surface area contributed by atoms with Gasteiger partial charge >= 0.3 is 11.9 Å². The van der Waals surface area contributed by atoms with E-state index in [-0.39, 0.29) is 25.3 Å². The van der Waals surface area contributed by atoms with Gasteiger partial charge in [0.05, 0.1) is 33.9 Å². The quantitative estimate of drug-likeness (QED) is 0.629. The molecule has 2 aliphatic heterocycles. The molecule has 0 spiro atoms. The van der Waals surface area contributed by atoms with Crippen LogP contribution in [0.2, 0.25) is 0 Å². The molecule has 9 heteroatoms. The second kappa shape index (κ2) is 8.06. The lowest BCUT2D eigenvalue weighted by Gasteiger charge is -2.38. The molecule has 1 fully saturated rings. The first-order valence-electron chi connectivity index (χ1n) is 10.5. The summed E-state index contributed by atoms with van der Waals surface area (Å²) in [5, 5.41) is 0. The van der Waals surface area contributed by atoms with E-state index in [1.54, 1.807) is 0 Å². The molecule has 0 amide bonds. The van der Waals surface area contributed by atoms with E-state index in [2.05, 4.69) is 0 Å². The number of rotatable bonds is 5. The van der Waals surface area contributed by atoms with Crippen LogP contribution in [-0.4, -0.2) is 46.7 Å². The highest BCUT2D eigenvalue weighted by Crippen LogP contribution is 2.56. The summed E-state index contributed by atoms with van der Waals surface area (Å²) in [6.45, 7) is 1.60. The fourth-order valence-electron chi connectivity index (χ4n) is 5.12. The Hall–Kier alpha value is -3.62. The second-order valence-electron chi connectivity index (χ2n) is 8.12. The summed E-state index contributed by atoms with van der Waals surface area (Å²) in [5.74, 6) is 0.383. The van der Waals surface area contributed by atoms with Crippen molar-refractivity contribution in [1.82, 2.24) is 0 Å². The minimum Gasteiger partial charge on any atom is -0.493 e. The SMILES string of the molecule is COc1cc([C@H]2c3cc4c(cc3[C@H](OC(C)=O)[C@@H]3COC(=O)[C@@H]23)OCO4)cc(OC)c1OC. The number of fused-ring (bicyclic) bond motifs is 3. The van der Waals surface area contributed by atoms with Crippen molar-refractivity contribution in [2.45, 2.75) is 18.9 Å². The topological polar surface area (TPSA) is 98.8 Å². The van der Waals surface area contributed by atoms with E-state index < -0.39 is 23.9 Å². The van der Waals surface area contributed by atoms with Crippen molar-refractivity contribution in [3.8, 4) is 28.7 Å². The predicted octanol–water partition coefficient (Wildman–Crippen LogP) is 2.98. The number of carbonyl (C=O) groups excluding carboxylic acids is 2. The maximum atomic E-state index is 13.0. The van der Waals surface area contributed by atoms with Gasteiger partial charge in [-0.05, 0) is 35.4 Å². The minimum atomic E-state index is -0.651. The van der Waals surface area contributed by atoms with Crippen molar-refractivity contribution in [3.63, 3.8) is 0 Å². The van der Waals surface area contributed by atoms with Crippen LogP contribution in [-0.2, 0) is 19.1 Å². The van der Waals surface area contributed by atoms with Gasteiger partial charge < -0.3 is 33.2 Å². The van der Waals surface area contributed by atoms with E-state index in [4.69, 9.17) is 33.2 Å². The smallest absolute Gasteiger partial charge is 0.310 e. The van der Waals surface area contributed by atoms with Gasteiger partial charge in [-0.25, -0.2) is 0 Å². The predicted molar refractivity (Wildman–Crippen MR) is 113 cm³/mol. The molecular formula is C24H24O9. The van der Waals surface area contributed by atoms with E-state index in [0.29, 0.717) is 28.7 Å². The third kappa shape index (κ3) is 3.30. The molecule has 0 radical (unpaired) electrons. The van der Waals surface area contributed by atoms with Gasteiger partial charge in [0.2, 0.25) is 12.5 Å². The molecule has 3 aliphatic rings. The highest BCUT2D eigenvalue weighted by Gasteiger charge is 2.54. The molecule has 0 unspecified atom stereocenters. The fourth-order valence-corrected chi connectivity index (χ4v) is 5.12. The lowest BCUT2D eigenvalue weighted by atomic mass is 9.66. The van der Waals surface area contributed by atoms with Gasteiger partial charge in [0.25, 0.3) is 0 Å². The lowest BCUT2D eigenvalue weighted by Crippen LogP contribution is -2.36. The largest absolute Gasteiger partial charge is 0.493 e. The standard InChI is InChI=1S/C24H24O9/c1-11(25)33-22-14-8-17-16(31-10-32-17)7-13(14)20(21-15(22)9-30-24(21)26)12-5-18(27-2)23(29-4)19(6-12)28-3/h5-8,15,20-22H,9-10H2,1-4H3/t15-,20+,21-,22+/m1/s1. The van der Waals surface area contributed by atoms with Crippen molar-refractivity contribution >= 4 is 11.9 Å². The number of benzene rings is 2. The molecule has 0 bridgehead atoms. The van der Waals surface area contributed by atoms with E-state index in [1.807, 2.05) is 24.3 Å². The lowest BCUT2D eigenvalue weighted by molar-refractivity contribution is -0.152. The summed E-state index contributed by atoms with van der Waals surface area (Å²) in [5.41, 5.74) is 2.33. The zero-order valence-corrected chi connectivity index (χ0v) is 18.7. The maximum absolute atomic E-state index is 13.0. The molecule has 2 aromatic rings. The number of ether oxygens (including phenoxy) is 7. The van der Waals surface area contributed by atoms with Crippen LogP contribution in [0.15, 0.2) is 24.3 Å². The minimum absolute atomic E-state index is 0.0974. The van der Waals surface area contributed by atoms with E-state index in [9.17, 15) is 9.59 Å². The van der Waals surface area contributed by atoms with Crippen molar-refractivity contribution in [1.29, 1.82) is 0 Å². The summed E-state index contributed by atoms with van der Waals surface area (Å²) in [7, 11) is 4.61. The van der Waals surface area contributed by atoms with Crippen LogP contribution >= 0.6 is 0 Å². The van der Waals surface area contributed by atoms with Crippen LogP contribution in [0.4, 0.5) is 0 Å². The van der Waals surface area contributed by atoms with Gasteiger partial charge in [0, 0.05) is 24.3 Å². The fraction of sp³-hybridized carbons (Fsp3) is 0.417. The molecule has 2 heterocycles. The molecular weight excluding hydrogens is 432 g/mol. The molecule has 174 valence electrons. The monoisotopic (exact) mass is 456 g/mol. The van der Waals surface area contributed by atoms with Crippen LogP contribution in [0.3, 0.4) is 0 Å². The van der Waals surface area contributed by atoms with Crippen molar-refractivity contribution < 1.29 is 42.7 Å². The van der Waals surface area contributed by atoms with Gasteiger partial charge in [-0.1, -0.05) is 0 Å². The van der Waals surface area contributed by atoms with Crippen LogP contribution in [0.1, 0.15) is 35.6 Å². The zero-order chi connectivity index (χ0) is 23.3. The molecule has 0 saturated carbocycles. The summed E-state index contributed by atoms with van der Waals surface area (Å²) in [4.78, 5) is 25.0. The van der Waals surface area contributed by atoms with Crippen molar-refractivity contribution in [2.75, 3.05) is 34.7 Å². The molecule has 33 heavy (non-hydrogen) atoms. The Bertz CT molecular complexity index is 1100. The van der Waals surface area contributed by atoms with Crippen molar-refractivity contribution in [3.05, 3.63) is 41.0 Å². The van der Waals surface area contributed by atoms with Crippen LogP contribution in [0, 0.1) is 11.8 Å². The number of carbonyl (C=O) groups is 2. The molecule has 5 rings (SSSR count). The van der Waals surface area contributed by atoms with Crippen LogP contribution in [0.25, 0.3) is 0 Å². The van der Waals surface area contributed by atoms with Gasteiger partial charge in [-0.15, -0.1) is 0 Å². The molecule has 4 atom stereocenters. The van der Waals surface area contributed by atoms with Crippen LogP contribution < -0.4 is 23.7 Å². The first-order valence-corrected chi connectivity index (χ1v) is 10.5. The summed E-state index contributed by atoms with van der Waals surface area (Å²) < 4.78 is 38.9. The number of methoxy groups -OCH3 is 3. The molecule has 1 saturated heterocycles. The number of hydrogen-bond donors (Lipinski definition) is 0. The average Bonchev–Trinajstić information content (AvgIpc) is 3.43. The molecule has 1 aliphatic carbocycles. The Labute approximate surface area is 190 Å². The Kier molecular flexibility index (Phi) is 5.19. The summed E-state index contributed by atoms with van der Waals surface area (Å²) in [6.07, 6.45) is -0.651. The van der Waals surface area contributed by atoms with E-state index in [1.165, 1.54) is 28.3 Å². The third-order valence-electron chi connectivity index (χ3n) is 6.46. The van der Waals surface area contributed by atoms with Crippen molar-refractivity contribution in [2.24, 2.45) is 11.8 Å². The average molecular weight is 456 g/mol. The van der Waals surface area contributed by atoms with Gasteiger partial charge in [-0.2, -0.15) is 0 Å². The molecule has 0 aromatic heterocycles. The normalized spacial score (nSPS) is 24.4. The van der Waals surface area contributed by atoms with Gasteiger partial charge in [0.15, 0.2) is 23.0 Å². The zero-order valence-electron chi connectivity index (χ0n) is 18.7. The third-order valence-corrected chi connectivity index (χ3v) is 6.46. The first-order chi connectivity index (χ1) is 16.0. The number of cyclic esters (lactones) is 1. The second-order valence-corrected chi connectivity index (χ2v) is 8.12. The number of esters is 2. The number of hydrogen-bond acceptors (Lipinski definition) is 9. The Morgan fingerprint density at radius 1 is 0.909 bits per heavy atom. The van der Waals surface area contributed by atoms with E-state index >= 15 is 0 Å². The summed E-state index contributed by atoms with van der Waals surface area (Å²) >= 11 is 0. The Balaban J connectivity index is 1.75. The molecule has 0 N–H and O–H groups in total. The highest BCUT2D eigenvalue weighted by molar-refractivity contribution is 5.79. The first kappa shape index (κ1) is 21.2. The maximum Gasteiger partial charge on any atom is 0.310 e.